The Morgan fingerprint density at radius 3 is 2.50 bits per heavy atom. The van der Waals surface area contributed by atoms with Gasteiger partial charge in [-0.1, -0.05) is 31.2 Å². The second-order valence-electron chi connectivity index (χ2n) is 5.04. The summed E-state index contributed by atoms with van der Waals surface area (Å²) < 4.78 is 14.1. The molecule has 1 aromatic carbocycles. The van der Waals surface area contributed by atoms with E-state index in [9.17, 15) is 4.39 Å². The Bertz CT molecular complexity index is 581. The van der Waals surface area contributed by atoms with E-state index in [0.717, 1.165) is 29.9 Å². The van der Waals surface area contributed by atoms with E-state index in [4.69, 9.17) is 0 Å². The van der Waals surface area contributed by atoms with E-state index in [1.807, 2.05) is 38.1 Å². The van der Waals surface area contributed by atoms with Crippen molar-refractivity contribution in [1.29, 1.82) is 0 Å². The minimum absolute atomic E-state index is 0.149. The zero-order valence-corrected chi connectivity index (χ0v) is 12.3. The Kier molecular flexibility index (Phi) is 4.85. The summed E-state index contributed by atoms with van der Waals surface area (Å²) in [7, 11) is 0. The molecule has 1 atom stereocenters. The molecule has 0 fully saturated rings. The second kappa shape index (κ2) is 6.62. The zero-order chi connectivity index (χ0) is 14.5. The molecule has 2 aromatic rings. The number of nitrogens with one attached hydrogen (secondary N) is 1. The average molecular weight is 272 g/mol. The minimum atomic E-state index is -0.180. The van der Waals surface area contributed by atoms with Crippen LogP contribution < -0.4 is 5.32 Å². The summed E-state index contributed by atoms with van der Waals surface area (Å²) in [4.78, 5) is 4.50. The van der Waals surface area contributed by atoms with Gasteiger partial charge in [0.25, 0.3) is 0 Å². The van der Waals surface area contributed by atoms with E-state index in [0.29, 0.717) is 5.56 Å². The van der Waals surface area contributed by atoms with Crippen molar-refractivity contribution in [3.63, 3.8) is 0 Å². The fourth-order valence-electron chi connectivity index (χ4n) is 2.39. The van der Waals surface area contributed by atoms with E-state index in [2.05, 4.69) is 17.2 Å². The molecule has 0 saturated heterocycles. The Hall–Kier alpha value is -1.74. The van der Waals surface area contributed by atoms with Crippen LogP contribution in [0.15, 0.2) is 36.4 Å². The van der Waals surface area contributed by atoms with Crippen molar-refractivity contribution in [2.45, 2.75) is 33.2 Å². The summed E-state index contributed by atoms with van der Waals surface area (Å²) in [5.74, 6) is -0.180. The van der Waals surface area contributed by atoms with Crippen molar-refractivity contribution in [1.82, 2.24) is 10.3 Å². The molecule has 0 radical (unpaired) electrons. The molecule has 0 aliphatic carbocycles. The lowest BCUT2D eigenvalue weighted by atomic mass is 9.96. The first-order valence-electron chi connectivity index (χ1n) is 7.05. The van der Waals surface area contributed by atoms with Crippen LogP contribution >= 0.6 is 0 Å². The van der Waals surface area contributed by atoms with Crippen molar-refractivity contribution < 1.29 is 4.39 Å². The highest BCUT2D eigenvalue weighted by molar-refractivity contribution is 5.35. The van der Waals surface area contributed by atoms with Gasteiger partial charge in [0, 0.05) is 17.0 Å². The van der Waals surface area contributed by atoms with E-state index in [1.165, 1.54) is 6.07 Å². The lowest BCUT2D eigenvalue weighted by Crippen LogP contribution is -2.25. The number of nitrogens with zero attached hydrogens (tertiary/aromatic N) is 1. The van der Waals surface area contributed by atoms with Gasteiger partial charge in [-0.2, -0.15) is 0 Å². The van der Waals surface area contributed by atoms with Gasteiger partial charge in [-0.3, -0.25) is 4.98 Å². The van der Waals surface area contributed by atoms with E-state index >= 15 is 0 Å². The molecular weight excluding hydrogens is 251 g/mol. The summed E-state index contributed by atoms with van der Waals surface area (Å²) in [5.41, 5.74) is 3.64. The molecule has 3 heteroatoms. The molecule has 0 aliphatic heterocycles. The van der Waals surface area contributed by atoms with Gasteiger partial charge in [-0.05, 0) is 44.5 Å². The van der Waals surface area contributed by atoms with Gasteiger partial charge in [0.15, 0.2) is 0 Å². The van der Waals surface area contributed by atoms with Gasteiger partial charge in [-0.15, -0.1) is 0 Å². The number of benzene rings is 1. The molecule has 1 aromatic heterocycles. The first kappa shape index (κ1) is 14.7. The summed E-state index contributed by atoms with van der Waals surface area (Å²) in [6.45, 7) is 6.89. The molecule has 0 bridgehead atoms. The highest BCUT2D eigenvalue weighted by atomic mass is 19.1. The maximum atomic E-state index is 14.1. The van der Waals surface area contributed by atoms with Crippen LogP contribution in [0, 0.1) is 19.7 Å². The minimum Gasteiger partial charge on any atom is -0.306 e. The predicted octanol–water partition coefficient (Wildman–Crippen LogP) is 3.93. The van der Waals surface area contributed by atoms with Crippen LogP contribution in [0.25, 0.3) is 0 Å². The van der Waals surface area contributed by atoms with Gasteiger partial charge in [0.05, 0.1) is 6.04 Å². The van der Waals surface area contributed by atoms with Crippen LogP contribution in [0.4, 0.5) is 4.39 Å². The fraction of sp³-hybridized carbons (Fsp3) is 0.353. The maximum Gasteiger partial charge on any atom is 0.128 e. The van der Waals surface area contributed by atoms with E-state index in [1.54, 1.807) is 6.07 Å². The third-order valence-corrected chi connectivity index (χ3v) is 3.39. The van der Waals surface area contributed by atoms with Gasteiger partial charge in [-0.25, -0.2) is 4.39 Å². The van der Waals surface area contributed by atoms with Crippen LogP contribution in [0.3, 0.4) is 0 Å². The number of rotatable bonds is 5. The maximum absolute atomic E-state index is 14.1. The van der Waals surface area contributed by atoms with E-state index < -0.39 is 0 Å². The molecule has 2 nitrogen and oxygen atoms in total. The second-order valence-corrected chi connectivity index (χ2v) is 5.04. The molecule has 1 heterocycles. The molecule has 1 unspecified atom stereocenters. The van der Waals surface area contributed by atoms with Gasteiger partial charge < -0.3 is 5.32 Å². The first-order valence-corrected chi connectivity index (χ1v) is 7.05. The summed E-state index contributed by atoms with van der Waals surface area (Å²) in [6.07, 6.45) is 1.00. The van der Waals surface area contributed by atoms with Crippen molar-refractivity contribution in [2.75, 3.05) is 6.54 Å². The lowest BCUT2D eigenvalue weighted by Gasteiger charge is -2.21. The Morgan fingerprint density at radius 2 is 1.85 bits per heavy atom. The largest absolute Gasteiger partial charge is 0.306 e. The zero-order valence-electron chi connectivity index (χ0n) is 12.3. The van der Waals surface area contributed by atoms with Crippen LogP contribution in [-0.4, -0.2) is 11.5 Å². The monoisotopic (exact) mass is 272 g/mol. The Labute approximate surface area is 120 Å². The smallest absolute Gasteiger partial charge is 0.128 e. The van der Waals surface area contributed by atoms with Gasteiger partial charge >= 0.3 is 0 Å². The SMILES string of the molecule is CCCNC(c1ccccc1F)c1ccc(C)nc1C. The number of hydrogen-bond donors (Lipinski definition) is 1. The first-order chi connectivity index (χ1) is 9.63. The summed E-state index contributed by atoms with van der Waals surface area (Å²) >= 11 is 0. The van der Waals surface area contributed by atoms with Crippen LogP contribution in [0.5, 0.6) is 0 Å². The molecule has 0 aliphatic rings. The molecule has 0 amide bonds. The van der Waals surface area contributed by atoms with Crippen molar-refractivity contribution in [3.8, 4) is 0 Å². The molecule has 20 heavy (non-hydrogen) atoms. The van der Waals surface area contributed by atoms with Crippen LogP contribution in [0.2, 0.25) is 0 Å². The average Bonchev–Trinajstić information content (AvgIpc) is 2.42. The standard InChI is InChI=1S/C17H21FN2/c1-4-11-19-17(15-7-5-6-8-16(15)18)14-10-9-12(2)20-13(14)3/h5-10,17,19H,4,11H2,1-3H3. The quantitative estimate of drug-likeness (QED) is 0.892. The topological polar surface area (TPSA) is 24.9 Å². The summed E-state index contributed by atoms with van der Waals surface area (Å²) in [5, 5.41) is 3.42. The number of aromatic nitrogens is 1. The molecule has 1 N–H and O–H groups in total. The Morgan fingerprint density at radius 1 is 1.10 bits per heavy atom. The highest BCUT2D eigenvalue weighted by Crippen LogP contribution is 2.26. The van der Waals surface area contributed by atoms with Gasteiger partial charge in [0.2, 0.25) is 0 Å². The van der Waals surface area contributed by atoms with Crippen LogP contribution in [-0.2, 0) is 0 Å². The summed E-state index contributed by atoms with van der Waals surface area (Å²) in [6, 6.07) is 10.8. The van der Waals surface area contributed by atoms with Crippen molar-refractivity contribution in [2.24, 2.45) is 0 Å². The lowest BCUT2D eigenvalue weighted by molar-refractivity contribution is 0.544. The molecule has 2 rings (SSSR count). The third kappa shape index (κ3) is 3.23. The predicted molar refractivity (Wildman–Crippen MR) is 80.2 cm³/mol. The van der Waals surface area contributed by atoms with E-state index in [-0.39, 0.29) is 11.9 Å². The number of pyridine rings is 1. The number of halogens is 1. The van der Waals surface area contributed by atoms with Crippen molar-refractivity contribution in [3.05, 3.63) is 64.7 Å². The van der Waals surface area contributed by atoms with Crippen molar-refractivity contribution >= 4 is 0 Å². The molecule has 106 valence electrons. The highest BCUT2D eigenvalue weighted by Gasteiger charge is 2.19. The Balaban J connectivity index is 2.44. The fourth-order valence-corrected chi connectivity index (χ4v) is 2.39. The number of hydrogen-bond acceptors (Lipinski definition) is 2. The molecule has 0 spiro atoms. The van der Waals surface area contributed by atoms with Crippen LogP contribution in [0.1, 0.15) is 41.9 Å². The number of aryl methyl sites for hydroxylation is 2. The third-order valence-electron chi connectivity index (χ3n) is 3.39. The molecule has 0 saturated carbocycles. The van der Waals surface area contributed by atoms with Gasteiger partial charge in [0.1, 0.15) is 5.82 Å². The molecular formula is C17H21FN2. The normalized spacial score (nSPS) is 12.4.